The standard InChI is InChI=1S/C45H52N.C37H36N.C19H24N.C11H8N.4Ir/c1-42(2,3)30-44(7,8)39-21-16-32(17-22-39)36-26-37(33-18-23-40(24-19-33)45(9,10)31-43(4,5)6)28-38(27-36)35-20-25-41(46-29-35)34-14-12-11-13-15-34;1-36(2,3)33-17-13-26(14-18-33)30-23-31(27-15-19-34(20-16-27)37(4,5)6)25-32(24-30)28-10-9-11-29(22-28)35-12-7-8-21-38-35;1-2-3-4-5-6-7-10-17-12-14-18(15-13-17)19-11-8-9-16-20-19;1-2-6-10(7-3-1)11-8-4-5-9-12-11;;;;/h11-14,16-29H,30-31H2,1-10H3;7-10,12-25H,1-6H3;8-9,11-14,16H,2-7,10H2,1H3;1-6,8-9H;;;;/q4*-1;;;;. The largest absolute Gasteiger partial charge is 0.305 e. The SMILES string of the molecule is CC(C)(C)CC(C)(C)c1ccc(-c2cc(-c3ccc(C(C)(C)CC(C)(C)C)cc3)cc(-c3ccc(-c4[c-]cccc4)nc3)c2)cc1.CC(C)(C)c1ccc(-c2cc(-c3ccc(C(C)(C)C)cc3)cc(-c3cc[c-]c(-c4ccccn4)c3)c2)cc1.CCCCCCCCc1c[c-]c(-c2ccccn2)cc1.[Ir].[Ir].[Ir].[Ir].[c-]1ccccc1-c1ccccn1. The summed E-state index contributed by atoms with van der Waals surface area (Å²) in [5.41, 5.74) is 30.2. The van der Waals surface area contributed by atoms with E-state index in [1.54, 1.807) is 6.20 Å². The molecule has 0 unspecified atom stereocenters. The van der Waals surface area contributed by atoms with Crippen LogP contribution in [0, 0.1) is 35.1 Å². The van der Waals surface area contributed by atoms with Crippen molar-refractivity contribution in [3.63, 3.8) is 0 Å². The van der Waals surface area contributed by atoms with Crippen LogP contribution in [0.4, 0.5) is 0 Å². The number of hydrogen-bond donors (Lipinski definition) is 0. The van der Waals surface area contributed by atoms with Crippen molar-refractivity contribution in [2.24, 2.45) is 10.8 Å². The minimum absolute atomic E-state index is 0. The first-order valence-electron chi connectivity index (χ1n) is 41.8. The van der Waals surface area contributed by atoms with Crippen LogP contribution in [0.2, 0.25) is 0 Å². The molecule has 4 heterocycles. The number of benzene rings is 10. The number of rotatable bonds is 21. The van der Waals surface area contributed by atoms with Gasteiger partial charge in [0.15, 0.2) is 0 Å². The summed E-state index contributed by atoms with van der Waals surface area (Å²) in [6.07, 6.45) is 19.0. The number of nitrogens with zero attached hydrogens (tertiary/aromatic N) is 4. The Labute approximate surface area is 775 Å². The van der Waals surface area contributed by atoms with Crippen LogP contribution in [0.5, 0.6) is 0 Å². The predicted molar refractivity (Wildman–Crippen MR) is 495 cm³/mol. The van der Waals surface area contributed by atoms with Gasteiger partial charge in [0.25, 0.3) is 0 Å². The van der Waals surface area contributed by atoms with Gasteiger partial charge >= 0.3 is 0 Å². The molecule has 0 bridgehead atoms. The molecule has 120 heavy (non-hydrogen) atoms. The Morgan fingerprint density at radius 1 is 0.258 bits per heavy atom. The Kier molecular flexibility index (Phi) is 37.4. The van der Waals surface area contributed by atoms with Crippen LogP contribution >= 0.6 is 0 Å². The minimum Gasteiger partial charge on any atom is -0.305 e. The molecule has 10 aromatic carbocycles. The summed E-state index contributed by atoms with van der Waals surface area (Å²) in [6.45, 7) is 39.2. The van der Waals surface area contributed by atoms with E-state index >= 15 is 0 Å². The second-order valence-electron chi connectivity index (χ2n) is 36.9. The monoisotopic (exact) mass is 2290 g/mol. The molecule has 0 fully saturated rings. The Morgan fingerprint density at radius 3 is 0.942 bits per heavy atom. The number of hydrogen-bond acceptors (Lipinski definition) is 4. The Morgan fingerprint density at radius 2 is 0.600 bits per heavy atom. The summed E-state index contributed by atoms with van der Waals surface area (Å²) in [5.74, 6) is 0. The minimum atomic E-state index is 0. The molecule has 4 nitrogen and oxygen atoms in total. The first kappa shape index (κ1) is 98.5. The van der Waals surface area contributed by atoms with E-state index in [9.17, 15) is 0 Å². The van der Waals surface area contributed by atoms with Crippen LogP contribution in [-0.2, 0) is 109 Å². The summed E-state index contributed by atoms with van der Waals surface area (Å²) in [6, 6.07) is 114. The molecular weight excluding hydrogens is 2170 g/mol. The molecule has 0 amide bonds. The van der Waals surface area contributed by atoms with Crippen molar-refractivity contribution in [2.75, 3.05) is 0 Å². The maximum Gasteiger partial charge on any atom is 0.0239 e. The fourth-order valence-electron chi connectivity index (χ4n) is 15.7. The molecule has 0 aliphatic carbocycles. The van der Waals surface area contributed by atoms with Gasteiger partial charge < -0.3 is 19.9 Å². The second kappa shape index (κ2) is 45.5. The average Bonchev–Trinajstić information content (AvgIpc) is 0.794. The van der Waals surface area contributed by atoms with Gasteiger partial charge in [0.1, 0.15) is 0 Å². The van der Waals surface area contributed by atoms with Crippen LogP contribution in [-0.4, -0.2) is 19.9 Å². The molecule has 0 aliphatic rings. The number of aromatic nitrogens is 4. The van der Waals surface area contributed by atoms with E-state index < -0.39 is 0 Å². The van der Waals surface area contributed by atoms with Crippen molar-refractivity contribution in [3.8, 4) is 112 Å². The third kappa shape index (κ3) is 29.3. The molecule has 4 radical (unpaired) electrons. The van der Waals surface area contributed by atoms with Crippen LogP contribution in [0.15, 0.2) is 310 Å². The Balaban J connectivity index is 0.000000239. The van der Waals surface area contributed by atoms with Gasteiger partial charge in [-0.05, 0) is 206 Å². The third-order valence-electron chi connectivity index (χ3n) is 21.4. The van der Waals surface area contributed by atoms with E-state index in [-0.39, 0.29) is 113 Å². The fraction of sp³-hybridized carbons (Fsp3) is 0.286. The van der Waals surface area contributed by atoms with Crippen molar-refractivity contribution < 1.29 is 80.4 Å². The van der Waals surface area contributed by atoms with Crippen LogP contribution in [0.3, 0.4) is 0 Å². The quantitative estimate of drug-likeness (QED) is 0.0531. The summed E-state index contributed by atoms with van der Waals surface area (Å²) in [4.78, 5) is 17.9. The molecule has 14 rings (SSSR count). The van der Waals surface area contributed by atoms with E-state index in [2.05, 4.69) is 339 Å². The van der Waals surface area contributed by atoms with Gasteiger partial charge in [-0.1, -0.05) is 308 Å². The van der Waals surface area contributed by atoms with Gasteiger partial charge in [-0.15, -0.1) is 143 Å². The number of unbranched alkanes of at least 4 members (excludes halogenated alkanes) is 5. The topological polar surface area (TPSA) is 51.6 Å². The third-order valence-corrected chi connectivity index (χ3v) is 21.4. The zero-order chi connectivity index (χ0) is 82.5. The Hall–Kier alpha value is -8.60. The zero-order valence-corrected chi connectivity index (χ0v) is 83.0. The van der Waals surface area contributed by atoms with Crippen molar-refractivity contribution in [2.45, 2.75) is 197 Å². The van der Waals surface area contributed by atoms with Crippen LogP contribution in [0.1, 0.15) is 197 Å². The first-order chi connectivity index (χ1) is 55.4. The molecule has 14 aromatic rings. The second-order valence-corrected chi connectivity index (χ2v) is 36.9. The van der Waals surface area contributed by atoms with Gasteiger partial charge in [-0.3, -0.25) is 0 Å². The van der Waals surface area contributed by atoms with Gasteiger partial charge in [-0.25, -0.2) is 0 Å². The molecule has 8 heteroatoms. The zero-order valence-electron chi connectivity index (χ0n) is 73.4. The molecule has 0 saturated carbocycles. The van der Waals surface area contributed by atoms with Gasteiger partial charge in [0.2, 0.25) is 0 Å². The van der Waals surface area contributed by atoms with E-state index in [1.807, 2.05) is 122 Å². The average molecular weight is 2290 g/mol. The molecule has 0 aliphatic heterocycles. The van der Waals surface area contributed by atoms with E-state index in [4.69, 9.17) is 4.98 Å². The van der Waals surface area contributed by atoms with Crippen molar-refractivity contribution >= 4 is 0 Å². The molecule has 0 saturated heterocycles. The smallest absolute Gasteiger partial charge is 0.0239 e. The van der Waals surface area contributed by atoms with E-state index in [0.29, 0.717) is 0 Å². The Bertz CT molecular complexity index is 5130. The molecule has 0 N–H and O–H groups in total. The van der Waals surface area contributed by atoms with E-state index in [1.165, 1.54) is 123 Å². The number of pyridine rings is 4. The van der Waals surface area contributed by atoms with Gasteiger partial charge in [0.05, 0.1) is 0 Å². The molecule has 628 valence electrons. The summed E-state index contributed by atoms with van der Waals surface area (Å²) < 4.78 is 0. The summed E-state index contributed by atoms with van der Waals surface area (Å²) >= 11 is 0. The molecule has 0 spiro atoms. The van der Waals surface area contributed by atoms with Crippen molar-refractivity contribution in [3.05, 3.63) is 362 Å². The molecule has 4 aromatic heterocycles. The number of aryl methyl sites for hydroxylation is 1. The predicted octanol–water partition coefficient (Wildman–Crippen LogP) is 31.1. The normalized spacial score (nSPS) is 11.4. The van der Waals surface area contributed by atoms with Gasteiger partial charge in [0, 0.05) is 105 Å². The van der Waals surface area contributed by atoms with Crippen LogP contribution < -0.4 is 0 Å². The van der Waals surface area contributed by atoms with Crippen molar-refractivity contribution in [1.82, 2.24) is 19.9 Å². The fourth-order valence-corrected chi connectivity index (χ4v) is 15.7. The molecule has 0 atom stereocenters. The summed E-state index contributed by atoms with van der Waals surface area (Å²) in [5, 5.41) is 0. The van der Waals surface area contributed by atoms with Gasteiger partial charge in [-0.2, -0.15) is 0 Å². The van der Waals surface area contributed by atoms with E-state index in [0.717, 1.165) is 74.6 Å². The van der Waals surface area contributed by atoms with Crippen molar-refractivity contribution in [1.29, 1.82) is 0 Å². The maximum atomic E-state index is 4.83. The summed E-state index contributed by atoms with van der Waals surface area (Å²) in [7, 11) is 0. The first-order valence-corrected chi connectivity index (χ1v) is 41.8. The molecular formula is C112H120Ir4N4-4. The maximum absolute atomic E-state index is 4.83. The van der Waals surface area contributed by atoms with Crippen LogP contribution in [0.25, 0.3) is 112 Å².